The molecule has 1 amide bonds. The molecule has 1 heterocycles. The van der Waals surface area contributed by atoms with Crippen molar-refractivity contribution in [2.75, 3.05) is 18.5 Å². The number of rotatable bonds is 6. The van der Waals surface area contributed by atoms with Gasteiger partial charge in [-0.15, -0.1) is 0 Å². The van der Waals surface area contributed by atoms with Crippen molar-refractivity contribution < 1.29 is 14.3 Å². The third kappa shape index (κ3) is 3.09. The molecule has 0 radical (unpaired) electrons. The van der Waals surface area contributed by atoms with Crippen LogP contribution < -0.4 is 14.8 Å². The highest BCUT2D eigenvalue weighted by Crippen LogP contribution is 2.38. The Morgan fingerprint density at radius 1 is 1.04 bits per heavy atom. The topological polar surface area (TPSA) is 47.6 Å². The zero-order chi connectivity index (χ0) is 17.1. The van der Waals surface area contributed by atoms with Crippen LogP contribution in [0.4, 0.5) is 5.69 Å². The van der Waals surface area contributed by atoms with Gasteiger partial charge in [-0.1, -0.05) is 24.3 Å². The van der Waals surface area contributed by atoms with Crippen LogP contribution >= 0.6 is 0 Å². The monoisotopic (exact) mass is 325 g/mol. The Morgan fingerprint density at radius 2 is 1.79 bits per heavy atom. The average Bonchev–Trinajstić information content (AvgIpc) is 2.88. The molecule has 0 saturated carbocycles. The van der Waals surface area contributed by atoms with Crippen molar-refractivity contribution in [3.05, 3.63) is 53.1 Å². The number of carbonyl (C=O) groups excluding carboxylic acids is 1. The third-order valence-corrected chi connectivity index (χ3v) is 4.29. The summed E-state index contributed by atoms with van der Waals surface area (Å²) < 4.78 is 11.3. The first-order valence-corrected chi connectivity index (χ1v) is 8.43. The summed E-state index contributed by atoms with van der Waals surface area (Å²) in [4.78, 5) is 12.4. The maximum absolute atomic E-state index is 12.4. The van der Waals surface area contributed by atoms with Gasteiger partial charge in [-0.2, -0.15) is 0 Å². The van der Waals surface area contributed by atoms with Crippen molar-refractivity contribution >= 4 is 11.6 Å². The van der Waals surface area contributed by atoms with Crippen LogP contribution in [-0.2, 0) is 11.2 Å². The SMILES string of the molecule is CCOc1ccc(CC2C(=O)Nc3c(C)cccc32)cc1OCC. The minimum atomic E-state index is -0.160. The van der Waals surface area contributed by atoms with Gasteiger partial charge in [0.25, 0.3) is 0 Å². The lowest BCUT2D eigenvalue weighted by molar-refractivity contribution is -0.117. The molecule has 2 aromatic rings. The van der Waals surface area contributed by atoms with Gasteiger partial charge in [0.1, 0.15) is 0 Å². The predicted molar refractivity (Wildman–Crippen MR) is 95.0 cm³/mol. The quantitative estimate of drug-likeness (QED) is 0.871. The van der Waals surface area contributed by atoms with Crippen molar-refractivity contribution in [2.24, 2.45) is 0 Å². The second-order valence-electron chi connectivity index (χ2n) is 5.93. The second kappa shape index (κ2) is 6.95. The van der Waals surface area contributed by atoms with Crippen LogP contribution in [-0.4, -0.2) is 19.1 Å². The summed E-state index contributed by atoms with van der Waals surface area (Å²) >= 11 is 0. The minimum Gasteiger partial charge on any atom is -0.490 e. The van der Waals surface area contributed by atoms with Crippen LogP contribution in [0.2, 0.25) is 0 Å². The van der Waals surface area contributed by atoms with Crippen LogP contribution in [0.5, 0.6) is 11.5 Å². The van der Waals surface area contributed by atoms with E-state index >= 15 is 0 Å². The van der Waals surface area contributed by atoms with E-state index in [0.29, 0.717) is 19.6 Å². The lowest BCUT2D eigenvalue weighted by Gasteiger charge is -2.14. The number of fused-ring (bicyclic) bond motifs is 1. The van der Waals surface area contributed by atoms with Crippen molar-refractivity contribution in [1.29, 1.82) is 0 Å². The summed E-state index contributed by atoms with van der Waals surface area (Å²) in [5, 5.41) is 3.01. The molecule has 0 spiro atoms. The summed E-state index contributed by atoms with van der Waals surface area (Å²) in [6.45, 7) is 7.09. The van der Waals surface area contributed by atoms with Crippen molar-refractivity contribution in [1.82, 2.24) is 0 Å². The Kier molecular flexibility index (Phi) is 4.74. The average molecular weight is 325 g/mol. The molecule has 0 aliphatic carbocycles. The molecule has 3 rings (SSSR count). The fraction of sp³-hybridized carbons (Fsp3) is 0.350. The van der Waals surface area contributed by atoms with Crippen LogP contribution in [0, 0.1) is 6.92 Å². The number of amides is 1. The van der Waals surface area contributed by atoms with Crippen molar-refractivity contribution in [2.45, 2.75) is 33.1 Å². The predicted octanol–water partition coefficient (Wildman–Crippen LogP) is 4.07. The van der Waals surface area contributed by atoms with Gasteiger partial charge < -0.3 is 14.8 Å². The summed E-state index contributed by atoms with van der Waals surface area (Å²) in [6.07, 6.45) is 0.648. The number of anilines is 1. The zero-order valence-corrected chi connectivity index (χ0v) is 14.4. The Bertz CT molecular complexity index is 755. The van der Waals surface area contributed by atoms with Crippen LogP contribution in [0.15, 0.2) is 36.4 Å². The van der Waals surface area contributed by atoms with Gasteiger partial charge in [-0.05, 0) is 56.0 Å². The summed E-state index contributed by atoms with van der Waals surface area (Å²) in [5.41, 5.74) is 4.21. The molecule has 1 N–H and O–H groups in total. The molecule has 4 nitrogen and oxygen atoms in total. The van der Waals surface area contributed by atoms with Gasteiger partial charge in [0.05, 0.1) is 19.1 Å². The van der Waals surface area contributed by atoms with E-state index in [0.717, 1.165) is 33.9 Å². The van der Waals surface area contributed by atoms with Crippen molar-refractivity contribution in [3.63, 3.8) is 0 Å². The first-order chi connectivity index (χ1) is 11.6. The molecule has 0 bridgehead atoms. The Balaban J connectivity index is 1.88. The first kappa shape index (κ1) is 16.4. The molecule has 1 aliphatic rings. The van der Waals surface area contributed by atoms with Gasteiger partial charge in [0, 0.05) is 5.69 Å². The van der Waals surface area contributed by atoms with E-state index < -0.39 is 0 Å². The third-order valence-electron chi connectivity index (χ3n) is 4.29. The molecule has 126 valence electrons. The van der Waals surface area contributed by atoms with Gasteiger partial charge in [-0.3, -0.25) is 4.79 Å². The van der Waals surface area contributed by atoms with E-state index in [1.165, 1.54) is 0 Å². The second-order valence-corrected chi connectivity index (χ2v) is 5.93. The highest BCUT2D eigenvalue weighted by molar-refractivity contribution is 6.03. The molecule has 2 aromatic carbocycles. The van der Waals surface area contributed by atoms with E-state index in [-0.39, 0.29) is 11.8 Å². The van der Waals surface area contributed by atoms with E-state index in [1.807, 2.05) is 57.2 Å². The Labute approximate surface area is 142 Å². The first-order valence-electron chi connectivity index (χ1n) is 8.43. The van der Waals surface area contributed by atoms with Gasteiger partial charge >= 0.3 is 0 Å². The number of nitrogens with one attached hydrogen (secondary N) is 1. The van der Waals surface area contributed by atoms with E-state index in [2.05, 4.69) is 5.32 Å². The van der Waals surface area contributed by atoms with Crippen LogP contribution in [0.3, 0.4) is 0 Å². The number of para-hydroxylation sites is 1. The number of hydrogen-bond acceptors (Lipinski definition) is 3. The van der Waals surface area contributed by atoms with E-state index in [9.17, 15) is 4.79 Å². The number of aryl methyl sites for hydroxylation is 1. The van der Waals surface area contributed by atoms with E-state index in [4.69, 9.17) is 9.47 Å². The normalized spacial score (nSPS) is 15.8. The highest BCUT2D eigenvalue weighted by atomic mass is 16.5. The molecule has 1 atom stereocenters. The van der Waals surface area contributed by atoms with Gasteiger partial charge in [0.2, 0.25) is 5.91 Å². The standard InChI is InChI=1S/C20H23NO3/c1-4-23-17-10-9-14(12-18(17)24-5-2)11-16-15-8-6-7-13(3)19(15)21-20(16)22/h6-10,12,16H,4-5,11H2,1-3H3,(H,21,22). The summed E-state index contributed by atoms with van der Waals surface area (Å²) in [6, 6.07) is 12.0. The number of hydrogen-bond donors (Lipinski definition) is 1. The van der Waals surface area contributed by atoms with E-state index in [1.54, 1.807) is 0 Å². The molecule has 1 aliphatic heterocycles. The fourth-order valence-electron chi connectivity index (χ4n) is 3.16. The number of ether oxygens (including phenoxy) is 2. The van der Waals surface area contributed by atoms with Crippen LogP contribution in [0.1, 0.15) is 36.5 Å². The summed E-state index contributed by atoms with van der Waals surface area (Å²) in [5.74, 6) is 1.38. The smallest absolute Gasteiger partial charge is 0.232 e. The Hall–Kier alpha value is -2.49. The Morgan fingerprint density at radius 3 is 2.54 bits per heavy atom. The van der Waals surface area contributed by atoms with Gasteiger partial charge in [-0.25, -0.2) is 0 Å². The zero-order valence-electron chi connectivity index (χ0n) is 14.4. The maximum atomic E-state index is 12.4. The maximum Gasteiger partial charge on any atom is 0.232 e. The highest BCUT2D eigenvalue weighted by Gasteiger charge is 2.31. The van der Waals surface area contributed by atoms with Crippen LogP contribution in [0.25, 0.3) is 0 Å². The molecular formula is C20H23NO3. The van der Waals surface area contributed by atoms with Gasteiger partial charge in [0.15, 0.2) is 11.5 Å². The fourth-order valence-corrected chi connectivity index (χ4v) is 3.16. The lowest BCUT2D eigenvalue weighted by atomic mass is 9.92. The number of benzene rings is 2. The largest absolute Gasteiger partial charge is 0.490 e. The molecule has 0 fully saturated rings. The molecule has 0 aromatic heterocycles. The lowest BCUT2D eigenvalue weighted by Crippen LogP contribution is -2.14. The summed E-state index contributed by atoms with van der Waals surface area (Å²) in [7, 11) is 0. The minimum absolute atomic E-state index is 0.0612. The van der Waals surface area contributed by atoms with Crippen molar-refractivity contribution in [3.8, 4) is 11.5 Å². The molecule has 4 heteroatoms. The molecule has 1 unspecified atom stereocenters. The molecule has 0 saturated heterocycles. The molecule has 24 heavy (non-hydrogen) atoms. The molecular weight excluding hydrogens is 302 g/mol. The number of carbonyl (C=O) groups is 1.